The van der Waals surface area contributed by atoms with Crippen molar-refractivity contribution >= 4 is 17.7 Å². The summed E-state index contributed by atoms with van der Waals surface area (Å²) in [6, 6.07) is 6.24. The third-order valence-electron chi connectivity index (χ3n) is 5.31. The Labute approximate surface area is 163 Å². The van der Waals surface area contributed by atoms with Gasteiger partial charge < -0.3 is 19.4 Å². The minimum atomic E-state index is -0.526. The van der Waals surface area contributed by atoms with E-state index in [1.165, 1.54) is 32.1 Å². The molecule has 0 atom stereocenters. The minimum absolute atomic E-state index is 0.138. The monoisotopic (exact) mass is 385 g/mol. The molecule has 0 N–H and O–H groups in total. The van der Waals surface area contributed by atoms with E-state index in [2.05, 4.69) is 14.8 Å². The summed E-state index contributed by atoms with van der Waals surface area (Å²) in [7, 11) is 1.40. The van der Waals surface area contributed by atoms with E-state index >= 15 is 0 Å². The van der Waals surface area contributed by atoms with Crippen LogP contribution in [0.5, 0.6) is 5.75 Å². The Morgan fingerprint density at radius 1 is 1.04 bits per heavy atom. The molecule has 8 heteroatoms. The smallest absolute Gasteiger partial charge is 0.254 e. The highest BCUT2D eigenvalue weighted by Gasteiger charge is 2.24. The van der Waals surface area contributed by atoms with Gasteiger partial charge in [-0.3, -0.25) is 4.79 Å². The summed E-state index contributed by atoms with van der Waals surface area (Å²) in [6.45, 7) is 4.50. The van der Waals surface area contributed by atoms with Gasteiger partial charge >= 0.3 is 0 Å². The van der Waals surface area contributed by atoms with E-state index in [4.69, 9.17) is 9.72 Å². The van der Waals surface area contributed by atoms with Gasteiger partial charge in [-0.25, -0.2) is 9.37 Å². The van der Waals surface area contributed by atoms with E-state index in [0.29, 0.717) is 31.7 Å². The Bertz CT molecular complexity index is 848. The Kier molecular flexibility index (Phi) is 5.27. The lowest BCUT2D eigenvalue weighted by Gasteiger charge is -2.35. The SMILES string of the molecule is COc1ccc(C(=O)N2CCN(c3ccnc(N4CCCC4)n3)CC2)cc1F. The molecule has 28 heavy (non-hydrogen) atoms. The number of rotatable bonds is 4. The van der Waals surface area contributed by atoms with E-state index in [-0.39, 0.29) is 11.7 Å². The van der Waals surface area contributed by atoms with Crippen LogP contribution in [-0.2, 0) is 0 Å². The van der Waals surface area contributed by atoms with Crippen LogP contribution in [0.1, 0.15) is 23.2 Å². The van der Waals surface area contributed by atoms with Crippen LogP contribution in [0.15, 0.2) is 30.5 Å². The van der Waals surface area contributed by atoms with Crippen molar-refractivity contribution in [3.63, 3.8) is 0 Å². The molecule has 4 rings (SSSR count). The highest BCUT2D eigenvalue weighted by atomic mass is 19.1. The molecule has 1 amide bonds. The number of aromatic nitrogens is 2. The Morgan fingerprint density at radius 2 is 1.79 bits per heavy atom. The van der Waals surface area contributed by atoms with Gasteiger partial charge in [0.25, 0.3) is 5.91 Å². The summed E-state index contributed by atoms with van der Waals surface area (Å²) in [6.07, 6.45) is 4.16. The largest absolute Gasteiger partial charge is 0.494 e. The molecule has 148 valence electrons. The molecule has 0 radical (unpaired) electrons. The van der Waals surface area contributed by atoms with Crippen LogP contribution in [0.2, 0.25) is 0 Å². The maximum Gasteiger partial charge on any atom is 0.254 e. The molecule has 2 fully saturated rings. The molecule has 2 saturated heterocycles. The fraction of sp³-hybridized carbons (Fsp3) is 0.450. The molecule has 0 unspecified atom stereocenters. The van der Waals surface area contributed by atoms with Gasteiger partial charge in [0.1, 0.15) is 5.82 Å². The van der Waals surface area contributed by atoms with Gasteiger partial charge in [0.2, 0.25) is 5.95 Å². The summed E-state index contributed by atoms with van der Waals surface area (Å²) >= 11 is 0. The summed E-state index contributed by atoms with van der Waals surface area (Å²) in [4.78, 5) is 27.9. The van der Waals surface area contributed by atoms with Crippen LogP contribution in [0.3, 0.4) is 0 Å². The Balaban J connectivity index is 1.40. The summed E-state index contributed by atoms with van der Waals surface area (Å²) in [5, 5.41) is 0. The standard InChI is InChI=1S/C20H24FN5O2/c1-28-17-5-4-15(14-16(17)21)19(27)25-12-10-24(11-13-25)18-6-7-22-20(23-18)26-8-2-3-9-26/h4-7,14H,2-3,8-13H2,1H3. The number of carbonyl (C=O) groups is 1. The number of anilines is 2. The van der Waals surface area contributed by atoms with Crippen molar-refractivity contribution in [2.24, 2.45) is 0 Å². The van der Waals surface area contributed by atoms with E-state index < -0.39 is 5.82 Å². The number of piperazine rings is 1. The van der Waals surface area contributed by atoms with Crippen LogP contribution in [0, 0.1) is 5.82 Å². The zero-order valence-corrected chi connectivity index (χ0v) is 16.0. The summed E-state index contributed by atoms with van der Waals surface area (Å²) < 4.78 is 18.8. The molecule has 3 heterocycles. The topological polar surface area (TPSA) is 61.8 Å². The van der Waals surface area contributed by atoms with Crippen LogP contribution in [0.25, 0.3) is 0 Å². The van der Waals surface area contributed by atoms with Gasteiger partial charge in [0.15, 0.2) is 11.6 Å². The predicted octanol–water partition coefficient (Wildman–Crippen LogP) is 2.19. The van der Waals surface area contributed by atoms with E-state index in [1.807, 2.05) is 6.07 Å². The highest BCUT2D eigenvalue weighted by molar-refractivity contribution is 5.94. The zero-order chi connectivity index (χ0) is 19.5. The number of hydrogen-bond donors (Lipinski definition) is 0. The van der Waals surface area contributed by atoms with Crippen LogP contribution in [0.4, 0.5) is 16.2 Å². The van der Waals surface area contributed by atoms with Crippen molar-refractivity contribution in [1.29, 1.82) is 0 Å². The molecule has 2 aliphatic rings. The van der Waals surface area contributed by atoms with E-state index in [9.17, 15) is 9.18 Å². The molecular weight excluding hydrogens is 361 g/mol. The van der Waals surface area contributed by atoms with E-state index in [0.717, 1.165) is 24.9 Å². The molecule has 0 spiro atoms. The third-order valence-corrected chi connectivity index (χ3v) is 5.31. The molecule has 0 bridgehead atoms. The number of amides is 1. The Morgan fingerprint density at radius 3 is 2.46 bits per heavy atom. The quantitative estimate of drug-likeness (QED) is 0.804. The van der Waals surface area contributed by atoms with Crippen LogP contribution < -0.4 is 14.5 Å². The first-order valence-electron chi connectivity index (χ1n) is 9.61. The fourth-order valence-corrected chi connectivity index (χ4v) is 3.71. The predicted molar refractivity (Wildman–Crippen MR) is 105 cm³/mol. The van der Waals surface area contributed by atoms with Crippen molar-refractivity contribution in [1.82, 2.24) is 14.9 Å². The second kappa shape index (κ2) is 8.00. The summed E-state index contributed by atoms with van der Waals surface area (Å²) in [5.41, 5.74) is 0.338. The van der Waals surface area contributed by atoms with Gasteiger partial charge in [0.05, 0.1) is 7.11 Å². The van der Waals surface area contributed by atoms with Crippen LogP contribution >= 0.6 is 0 Å². The van der Waals surface area contributed by atoms with Crippen LogP contribution in [-0.4, -0.2) is 67.2 Å². The maximum atomic E-state index is 13.9. The number of methoxy groups -OCH3 is 1. The maximum absolute atomic E-state index is 13.9. The first kappa shape index (κ1) is 18.5. The molecule has 1 aromatic heterocycles. The molecule has 0 saturated carbocycles. The average molecular weight is 385 g/mol. The van der Waals surface area contributed by atoms with Crippen molar-refractivity contribution in [3.05, 3.63) is 41.8 Å². The normalized spacial score (nSPS) is 17.1. The molecule has 0 aliphatic carbocycles. The zero-order valence-electron chi connectivity index (χ0n) is 16.0. The fourth-order valence-electron chi connectivity index (χ4n) is 3.71. The molecule has 1 aromatic carbocycles. The second-order valence-electron chi connectivity index (χ2n) is 7.04. The highest BCUT2D eigenvalue weighted by Crippen LogP contribution is 2.22. The first-order chi connectivity index (χ1) is 13.7. The van der Waals surface area contributed by atoms with E-state index in [1.54, 1.807) is 17.2 Å². The molecule has 7 nitrogen and oxygen atoms in total. The van der Waals surface area contributed by atoms with Gasteiger partial charge in [-0.1, -0.05) is 0 Å². The number of ether oxygens (including phenoxy) is 1. The summed E-state index contributed by atoms with van der Waals surface area (Å²) in [5.74, 6) is 1.12. The van der Waals surface area contributed by atoms with Crippen molar-refractivity contribution in [2.45, 2.75) is 12.8 Å². The van der Waals surface area contributed by atoms with Crippen molar-refractivity contribution < 1.29 is 13.9 Å². The molecule has 2 aliphatic heterocycles. The third kappa shape index (κ3) is 3.72. The second-order valence-corrected chi connectivity index (χ2v) is 7.04. The number of hydrogen-bond acceptors (Lipinski definition) is 6. The average Bonchev–Trinajstić information content (AvgIpc) is 3.28. The van der Waals surface area contributed by atoms with Gasteiger partial charge in [-0.15, -0.1) is 0 Å². The van der Waals surface area contributed by atoms with Gasteiger partial charge in [-0.2, -0.15) is 4.98 Å². The number of nitrogens with zero attached hydrogens (tertiary/aromatic N) is 5. The number of halogens is 1. The lowest BCUT2D eigenvalue weighted by Crippen LogP contribution is -2.49. The lowest BCUT2D eigenvalue weighted by molar-refractivity contribution is 0.0746. The first-order valence-corrected chi connectivity index (χ1v) is 9.61. The number of benzene rings is 1. The van der Waals surface area contributed by atoms with Gasteiger partial charge in [-0.05, 0) is 37.1 Å². The lowest BCUT2D eigenvalue weighted by atomic mass is 10.1. The molecule has 2 aromatic rings. The molecular formula is C20H24FN5O2. The van der Waals surface area contributed by atoms with Crippen molar-refractivity contribution in [2.75, 3.05) is 56.2 Å². The Hall–Kier alpha value is -2.90. The van der Waals surface area contributed by atoms with Gasteiger partial charge in [0, 0.05) is 51.0 Å². The van der Waals surface area contributed by atoms with Crippen molar-refractivity contribution in [3.8, 4) is 5.75 Å². The minimum Gasteiger partial charge on any atom is -0.494 e. The number of carbonyl (C=O) groups excluding carboxylic acids is 1.